The van der Waals surface area contributed by atoms with E-state index in [1.807, 2.05) is 12.1 Å². The first-order chi connectivity index (χ1) is 9.93. The van der Waals surface area contributed by atoms with Crippen molar-refractivity contribution in [2.75, 3.05) is 6.54 Å². The van der Waals surface area contributed by atoms with Gasteiger partial charge in [-0.1, -0.05) is 63.6 Å². The summed E-state index contributed by atoms with van der Waals surface area (Å²) in [5.41, 5.74) is 3.55. The molecule has 1 heterocycles. The number of rotatable bonds is 4. The van der Waals surface area contributed by atoms with E-state index >= 15 is 0 Å². The van der Waals surface area contributed by atoms with Gasteiger partial charge in [0, 0.05) is 6.20 Å². The van der Waals surface area contributed by atoms with Gasteiger partial charge in [0.25, 0.3) is 0 Å². The number of hydrogen-bond donors (Lipinski definition) is 1. The molecule has 0 aliphatic heterocycles. The molecule has 1 N–H and O–H groups in total. The SMILES string of the molecule is CCNC(c1ccc(C(C)(C)C)cc1)c1ncccc1Cl. The van der Waals surface area contributed by atoms with Gasteiger partial charge < -0.3 is 5.32 Å². The summed E-state index contributed by atoms with van der Waals surface area (Å²) in [6.45, 7) is 9.62. The van der Waals surface area contributed by atoms with E-state index in [1.54, 1.807) is 6.20 Å². The van der Waals surface area contributed by atoms with Gasteiger partial charge in [-0.05, 0) is 35.2 Å². The summed E-state index contributed by atoms with van der Waals surface area (Å²) in [5, 5.41) is 4.16. The molecule has 112 valence electrons. The Hall–Kier alpha value is -1.38. The van der Waals surface area contributed by atoms with Crippen molar-refractivity contribution in [2.45, 2.75) is 39.2 Å². The first-order valence-corrected chi connectivity index (χ1v) is 7.75. The molecule has 1 unspecified atom stereocenters. The molecule has 1 aromatic carbocycles. The molecule has 3 heteroatoms. The highest BCUT2D eigenvalue weighted by atomic mass is 35.5. The number of halogens is 1. The molecule has 0 saturated heterocycles. The van der Waals surface area contributed by atoms with Crippen LogP contribution < -0.4 is 5.32 Å². The van der Waals surface area contributed by atoms with Crippen molar-refractivity contribution in [3.8, 4) is 0 Å². The maximum atomic E-state index is 6.31. The van der Waals surface area contributed by atoms with E-state index in [2.05, 4.69) is 62.3 Å². The highest BCUT2D eigenvalue weighted by Gasteiger charge is 2.19. The van der Waals surface area contributed by atoms with Gasteiger partial charge in [0.05, 0.1) is 16.8 Å². The Bertz CT molecular complexity index is 585. The lowest BCUT2D eigenvalue weighted by molar-refractivity contribution is 0.586. The zero-order valence-corrected chi connectivity index (χ0v) is 13.9. The number of nitrogens with zero attached hydrogens (tertiary/aromatic N) is 1. The predicted molar refractivity (Wildman–Crippen MR) is 89.9 cm³/mol. The topological polar surface area (TPSA) is 24.9 Å². The second-order valence-electron chi connectivity index (χ2n) is 6.23. The lowest BCUT2D eigenvalue weighted by atomic mass is 9.86. The standard InChI is InChI=1S/C18H23ClN2/c1-5-20-16(17-15(19)7-6-12-21-17)13-8-10-14(11-9-13)18(2,3)4/h6-12,16,20H,5H2,1-4H3. The van der Waals surface area contributed by atoms with Gasteiger partial charge in [-0.3, -0.25) is 4.98 Å². The Kier molecular flexibility index (Phi) is 5.02. The van der Waals surface area contributed by atoms with E-state index in [4.69, 9.17) is 11.6 Å². The minimum absolute atomic E-state index is 0.0257. The van der Waals surface area contributed by atoms with Gasteiger partial charge in [0.1, 0.15) is 0 Å². The van der Waals surface area contributed by atoms with Crippen LogP contribution in [0.1, 0.15) is 50.6 Å². The van der Waals surface area contributed by atoms with Crippen molar-refractivity contribution in [3.05, 3.63) is 64.4 Å². The van der Waals surface area contributed by atoms with Crippen LogP contribution in [-0.4, -0.2) is 11.5 Å². The fourth-order valence-corrected chi connectivity index (χ4v) is 2.59. The largest absolute Gasteiger partial charge is 0.305 e. The average Bonchev–Trinajstić information content (AvgIpc) is 2.45. The minimum atomic E-state index is 0.0257. The Balaban J connectivity index is 2.37. The van der Waals surface area contributed by atoms with E-state index < -0.39 is 0 Å². The summed E-state index contributed by atoms with van der Waals surface area (Å²) >= 11 is 6.31. The lowest BCUT2D eigenvalue weighted by Gasteiger charge is -2.22. The third kappa shape index (κ3) is 3.84. The molecule has 0 aliphatic rings. The van der Waals surface area contributed by atoms with Gasteiger partial charge in [-0.25, -0.2) is 0 Å². The summed E-state index contributed by atoms with van der Waals surface area (Å²) < 4.78 is 0. The summed E-state index contributed by atoms with van der Waals surface area (Å²) in [5.74, 6) is 0. The lowest BCUT2D eigenvalue weighted by Crippen LogP contribution is -2.23. The van der Waals surface area contributed by atoms with Crippen LogP contribution in [0.5, 0.6) is 0 Å². The second-order valence-corrected chi connectivity index (χ2v) is 6.64. The van der Waals surface area contributed by atoms with E-state index in [1.165, 1.54) is 11.1 Å². The van der Waals surface area contributed by atoms with Gasteiger partial charge in [0.2, 0.25) is 0 Å². The molecule has 0 bridgehead atoms. The minimum Gasteiger partial charge on any atom is -0.305 e. The average molecular weight is 303 g/mol. The molecule has 0 saturated carbocycles. The molecule has 1 atom stereocenters. The first-order valence-electron chi connectivity index (χ1n) is 7.37. The van der Waals surface area contributed by atoms with Crippen LogP contribution in [-0.2, 0) is 5.41 Å². The van der Waals surface area contributed by atoms with Crippen molar-refractivity contribution in [1.29, 1.82) is 0 Å². The Morgan fingerprint density at radius 2 is 1.81 bits per heavy atom. The zero-order valence-electron chi connectivity index (χ0n) is 13.2. The van der Waals surface area contributed by atoms with E-state index in [9.17, 15) is 0 Å². The van der Waals surface area contributed by atoms with Gasteiger partial charge in [-0.15, -0.1) is 0 Å². The van der Waals surface area contributed by atoms with Crippen molar-refractivity contribution >= 4 is 11.6 Å². The number of hydrogen-bond acceptors (Lipinski definition) is 2. The Morgan fingerprint density at radius 3 is 2.33 bits per heavy atom. The third-order valence-electron chi connectivity index (χ3n) is 3.58. The molecule has 2 rings (SSSR count). The van der Waals surface area contributed by atoms with E-state index in [-0.39, 0.29) is 11.5 Å². The summed E-state index contributed by atoms with van der Waals surface area (Å²) in [6, 6.07) is 12.5. The monoisotopic (exact) mass is 302 g/mol. The Morgan fingerprint density at radius 1 is 1.14 bits per heavy atom. The number of nitrogens with one attached hydrogen (secondary N) is 1. The van der Waals surface area contributed by atoms with Crippen LogP contribution in [0.4, 0.5) is 0 Å². The maximum Gasteiger partial charge on any atom is 0.0804 e. The molecule has 0 fully saturated rings. The quantitative estimate of drug-likeness (QED) is 0.883. The number of pyridine rings is 1. The van der Waals surface area contributed by atoms with Crippen molar-refractivity contribution in [2.24, 2.45) is 0 Å². The highest BCUT2D eigenvalue weighted by molar-refractivity contribution is 6.31. The first kappa shape index (κ1) is 16.0. The molecule has 2 nitrogen and oxygen atoms in total. The molecule has 0 amide bonds. The highest BCUT2D eigenvalue weighted by Crippen LogP contribution is 2.28. The smallest absolute Gasteiger partial charge is 0.0804 e. The molecular weight excluding hydrogens is 280 g/mol. The summed E-state index contributed by atoms with van der Waals surface area (Å²) in [7, 11) is 0. The van der Waals surface area contributed by atoms with Crippen LogP contribution in [0, 0.1) is 0 Å². The van der Waals surface area contributed by atoms with Gasteiger partial charge in [0.15, 0.2) is 0 Å². The second kappa shape index (κ2) is 6.59. The molecule has 0 radical (unpaired) electrons. The molecule has 0 spiro atoms. The Labute approximate surface area is 132 Å². The number of benzene rings is 1. The zero-order chi connectivity index (χ0) is 15.5. The molecule has 0 aliphatic carbocycles. The molecule has 2 aromatic rings. The van der Waals surface area contributed by atoms with Crippen molar-refractivity contribution in [1.82, 2.24) is 10.3 Å². The summed E-state index contributed by atoms with van der Waals surface area (Å²) in [6.07, 6.45) is 1.79. The molecule has 1 aromatic heterocycles. The summed E-state index contributed by atoms with van der Waals surface area (Å²) in [4.78, 5) is 4.45. The van der Waals surface area contributed by atoms with Gasteiger partial charge >= 0.3 is 0 Å². The van der Waals surface area contributed by atoms with Crippen molar-refractivity contribution < 1.29 is 0 Å². The van der Waals surface area contributed by atoms with Crippen LogP contribution in [0.15, 0.2) is 42.6 Å². The number of aromatic nitrogens is 1. The van der Waals surface area contributed by atoms with Gasteiger partial charge in [-0.2, -0.15) is 0 Å². The van der Waals surface area contributed by atoms with Crippen LogP contribution in [0.25, 0.3) is 0 Å². The van der Waals surface area contributed by atoms with Crippen molar-refractivity contribution in [3.63, 3.8) is 0 Å². The predicted octanol–water partition coefficient (Wildman–Crippen LogP) is 4.73. The fraction of sp³-hybridized carbons (Fsp3) is 0.389. The maximum absolute atomic E-state index is 6.31. The molecule has 21 heavy (non-hydrogen) atoms. The van der Waals surface area contributed by atoms with E-state index in [0.717, 1.165) is 12.2 Å². The normalized spacial score (nSPS) is 13.2. The molecular formula is C18H23ClN2. The van der Waals surface area contributed by atoms with Crippen LogP contribution in [0.2, 0.25) is 5.02 Å². The van der Waals surface area contributed by atoms with E-state index in [0.29, 0.717) is 5.02 Å². The third-order valence-corrected chi connectivity index (χ3v) is 3.90. The van der Waals surface area contributed by atoms with Crippen LogP contribution in [0.3, 0.4) is 0 Å². The van der Waals surface area contributed by atoms with Crippen LogP contribution >= 0.6 is 11.6 Å². The fourth-order valence-electron chi connectivity index (χ4n) is 2.36.